The fourth-order valence-corrected chi connectivity index (χ4v) is 4.30. The quantitative estimate of drug-likeness (QED) is 0.420. The van der Waals surface area contributed by atoms with Gasteiger partial charge < -0.3 is 19.8 Å². The zero-order chi connectivity index (χ0) is 23.7. The van der Waals surface area contributed by atoms with Crippen LogP contribution < -0.4 is 10.5 Å². The lowest BCUT2D eigenvalue weighted by atomic mass is 10.1. The van der Waals surface area contributed by atoms with Crippen LogP contribution in [0.15, 0.2) is 76.5 Å². The van der Waals surface area contributed by atoms with Crippen molar-refractivity contribution in [1.29, 1.82) is 0 Å². The Balaban J connectivity index is 1.74. The number of hydrogen-bond acceptors (Lipinski definition) is 6. The van der Waals surface area contributed by atoms with E-state index in [1.807, 2.05) is 12.1 Å². The predicted molar refractivity (Wildman–Crippen MR) is 135 cm³/mol. The SMILES string of the molecule is O=c1c2ccccc2c(C=Nc2ccc(O)cc2)c(O)n1-c1cc(Cl)ccc1N1CCOCC1. The third-order valence-corrected chi connectivity index (χ3v) is 6.06. The third-order valence-electron chi connectivity index (χ3n) is 5.83. The molecule has 3 aromatic carbocycles. The maximum atomic E-state index is 13.6. The number of aromatic hydroxyl groups is 2. The lowest BCUT2D eigenvalue weighted by Crippen LogP contribution is -2.37. The summed E-state index contributed by atoms with van der Waals surface area (Å²) in [7, 11) is 0. The van der Waals surface area contributed by atoms with Crippen molar-refractivity contribution in [3.05, 3.63) is 87.7 Å². The van der Waals surface area contributed by atoms with Crippen molar-refractivity contribution in [2.45, 2.75) is 0 Å². The fourth-order valence-electron chi connectivity index (χ4n) is 4.14. The summed E-state index contributed by atoms with van der Waals surface area (Å²) >= 11 is 6.34. The maximum Gasteiger partial charge on any atom is 0.265 e. The molecule has 0 amide bonds. The predicted octanol–water partition coefficient (Wildman–Crippen LogP) is 4.64. The van der Waals surface area contributed by atoms with Gasteiger partial charge in [-0.05, 0) is 48.5 Å². The van der Waals surface area contributed by atoms with Crippen molar-refractivity contribution in [3.8, 4) is 17.3 Å². The number of fused-ring (bicyclic) bond motifs is 1. The number of aromatic nitrogens is 1. The number of anilines is 1. The molecule has 1 aliphatic rings. The number of hydrogen-bond donors (Lipinski definition) is 2. The highest BCUT2D eigenvalue weighted by molar-refractivity contribution is 6.30. The van der Waals surface area contributed by atoms with E-state index in [1.165, 1.54) is 22.9 Å². The number of phenolic OH excluding ortho intramolecular Hbond substituents is 1. The van der Waals surface area contributed by atoms with Crippen molar-refractivity contribution < 1.29 is 14.9 Å². The summed E-state index contributed by atoms with van der Waals surface area (Å²) in [5, 5.41) is 22.4. The Morgan fingerprint density at radius 2 is 1.62 bits per heavy atom. The molecule has 5 rings (SSSR count). The smallest absolute Gasteiger partial charge is 0.265 e. The number of morpholine rings is 1. The topological polar surface area (TPSA) is 87.3 Å². The molecule has 1 fully saturated rings. The highest BCUT2D eigenvalue weighted by atomic mass is 35.5. The molecule has 2 heterocycles. The van der Waals surface area contributed by atoms with E-state index in [2.05, 4.69) is 9.89 Å². The van der Waals surface area contributed by atoms with E-state index in [1.54, 1.807) is 42.5 Å². The summed E-state index contributed by atoms with van der Waals surface area (Å²) in [6, 6.07) is 18.8. The van der Waals surface area contributed by atoms with Gasteiger partial charge in [-0.1, -0.05) is 29.8 Å². The highest BCUT2D eigenvalue weighted by Gasteiger charge is 2.22. The van der Waals surface area contributed by atoms with Gasteiger partial charge in [-0.2, -0.15) is 0 Å². The molecule has 8 heteroatoms. The first-order valence-corrected chi connectivity index (χ1v) is 11.2. The summed E-state index contributed by atoms with van der Waals surface area (Å²) < 4.78 is 6.77. The summed E-state index contributed by atoms with van der Waals surface area (Å²) in [6.45, 7) is 2.47. The van der Waals surface area contributed by atoms with E-state index >= 15 is 0 Å². The minimum atomic E-state index is -0.355. The number of phenols is 1. The summed E-state index contributed by atoms with van der Waals surface area (Å²) in [6.07, 6.45) is 1.53. The number of halogens is 1. The molecule has 0 radical (unpaired) electrons. The van der Waals surface area contributed by atoms with Crippen molar-refractivity contribution in [2.75, 3.05) is 31.2 Å². The van der Waals surface area contributed by atoms with Crippen LogP contribution in [0, 0.1) is 0 Å². The van der Waals surface area contributed by atoms with Crippen LogP contribution in [-0.4, -0.2) is 47.3 Å². The number of rotatable bonds is 4. The van der Waals surface area contributed by atoms with Crippen LogP contribution in [0.1, 0.15) is 5.56 Å². The van der Waals surface area contributed by atoms with E-state index in [0.717, 1.165) is 5.69 Å². The van der Waals surface area contributed by atoms with E-state index in [4.69, 9.17) is 16.3 Å². The number of nitrogens with zero attached hydrogens (tertiary/aromatic N) is 3. The molecule has 2 N–H and O–H groups in total. The first-order chi connectivity index (χ1) is 16.5. The lowest BCUT2D eigenvalue weighted by molar-refractivity contribution is 0.122. The molecule has 1 aromatic heterocycles. The van der Waals surface area contributed by atoms with Crippen LogP contribution in [0.4, 0.5) is 11.4 Å². The zero-order valence-electron chi connectivity index (χ0n) is 18.2. The average Bonchev–Trinajstić information content (AvgIpc) is 2.86. The molecular weight excluding hydrogens is 454 g/mol. The van der Waals surface area contributed by atoms with Crippen molar-refractivity contribution in [3.63, 3.8) is 0 Å². The summed E-state index contributed by atoms with van der Waals surface area (Å²) in [5.41, 5.74) is 1.90. The van der Waals surface area contributed by atoms with E-state index in [9.17, 15) is 15.0 Å². The van der Waals surface area contributed by atoms with Gasteiger partial charge in [0.15, 0.2) is 0 Å². The normalized spacial score (nSPS) is 14.2. The first-order valence-electron chi connectivity index (χ1n) is 10.9. The van der Waals surface area contributed by atoms with E-state index in [0.29, 0.717) is 59.0 Å². The number of ether oxygens (including phenoxy) is 1. The Kier molecular flexibility index (Phi) is 5.96. The minimum absolute atomic E-state index is 0.136. The van der Waals surface area contributed by atoms with Gasteiger partial charge in [0, 0.05) is 35.1 Å². The van der Waals surface area contributed by atoms with Crippen LogP contribution in [-0.2, 0) is 4.74 Å². The van der Waals surface area contributed by atoms with Crippen LogP contribution in [0.5, 0.6) is 11.6 Å². The second kappa shape index (κ2) is 9.21. The molecule has 1 aliphatic heterocycles. The number of pyridine rings is 1. The minimum Gasteiger partial charge on any atom is -0.508 e. The Morgan fingerprint density at radius 1 is 0.912 bits per heavy atom. The lowest BCUT2D eigenvalue weighted by Gasteiger charge is -2.31. The standard InChI is InChI=1S/C26H22ClN3O4/c27-17-5-10-23(29-11-13-34-14-12-29)24(15-17)30-25(32)21-4-2-1-3-20(21)22(26(30)33)16-28-18-6-8-19(31)9-7-18/h1-10,15-16,31,33H,11-14H2. The summed E-state index contributed by atoms with van der Waals surface area (Å²) in [4.78, 5) is 20.2. The van der Waals surface area contributed by atoms with Crippen molar-refractivity contribution in [2.24, 2.45) is 4.99 Å². The molecule has 7 nitrogen and oxygen atoms in total. The Labute approximate surface area is 200 Å². The van der Waals surface area contributed by atoms with Gasteiger partial charge in [0.25, 0.3) is 5.56 Å². The van der Waals surface area contributed by atoms with Crippen LogP contribution in [0.2, 0.25) is 5.02 Å². The van der Waals surface area contributed by atoms with Crippen molar-refractivity contribution >= 4 is 40.0 Å². The molecule has 0 bridgehead atoms. The Hall–Kier alpha value is -3.81. The maximum absolute atomic E-state index is 13.6. The van der Waals surface area contributed by atoms with Crippen LogP contribution in [0.25, 0.3) is 16.5 Å². The Morgan fingerprint density at radius 3 is 2.35 bits per heavy atom. The van der Waals surface area contributed by atoms with E-state index < -0.39 is 0 Å². The van der Waals surface area contributed by atoms with Crippen LogP contribution in [0.3, 0.4) is 0 Å². The van der Waals surface area contributed by atoms with Gasteiger partial charge in [0.1, 0.15) is 5.75 Å². The molecule has 172 valence electrons. The largest absolute Gasteiger partial charge is 0.508 e. The second-order valence-electron chi connectivity index (χ2n) is 7.93. The zero-order valence-corrected chi connectivity index (χ0v) is 18.9. The molecule has 0 saturated carbocycles. The molecular formula is C26H22ClN3O4. The number of aliphatic imine (C=N–C) groups is 1. The van der Waals surface area contributed by atoms with Gasteiger partial charge in [-0.25, -0.2) is 4.57 Å². The van der Waals surface area contributed by atoms with Gasteiger partial charge in [0.05, 0.1) is 35.8 Å². The molecule has 0 atom stereocenters. The number of benzene rings is 3. The van der Waals surface area contributed by atoms with Gasteiger partial charge in [-0.3, -0.25) is 9.79 Å². The van der Waals surface area contributed by atoms with Crippen LogP contribution >= 0.6 is 11.6 Å². The van der Waals surface area contributed by atoms with Gasteiger partial charge in [0.2, 0.25) is 5.88 Å². The molecule has 0 aliphatic carbocycles. The Bertz CT molecular complexity index is 1440. The molecule has 0 unspecified atom stereocenters. The fraction of sp³-hybridized carbons (Fsp3) is 0.154. The van der Waals surface area contributed by atoms with E-state index in [-0.39, 0.29) is 17.2 Å². The third kappa shape index (κ3) is 4.11. The second-order valence-corrected chi connectivity index (χ2v) is 8.37. The average molecular weight is 476 g/mol. The molecule has 1 saturated heterocycles. The molecule has 0 spiro atoms. The highest BCUT2D eigenvalue weighted by Crippen LogP contribution is 2.33. The summed E-state index contributed by atoms with van der Waals surface area (Å²) in [5.74, 6) is -0.0969. The van der Waals surface area contributed by atoms with Gasteiger partial charge >= 0.3 is 0 Å². The first kappa shape index (κ1) is 22.0. The monoisotopic (exact) mass is 475 g/mol. The van der Waals surface area contributed by atoms with Crippen molar-refractivity contribution in [1.82, 2.24) is 4.57 Å². The van der Waals surface area contributed by atoms with Gasteiger partial charge in [-0.15, -0.1) is 0 Å². The molecule has 34 heavy (non-hydrogen) atoms. The molecule has 4 aromatic rings.